The lowest BCUT2D eigenvalue weighted by atomic mass is 9.70. The molecule has 0 amide bonds. The summed E-state index contributed by atoms with van der Waals surface area (Å²) in [7, 11) is 0. The molecule has 3 heterocycles. The van der Waals surface area contributed by atoms with Crippen LogP contribution in [0.1, 0.15) is 45.2 Å². The lowest BCUT2D eigenvalue weighted by Crippen LogP contribution is -2.65. The first-order valence-corrected chi connectivity index (χ1v) is 11.0. The minimum Gasteiger partial charge on any atom is -0.378 e. The van der Waals surface area contributed by atoms with E-state index in [0.29, 0.717) is 17.3 Å². The molecule has 2 N–H and O–H groups in total. The lowest BCUT2D eigenvalue weighted by Gasteiger charge is -2.51. The molecule has 5 nitrogen and oxygen atoms in total. The van der Waals surface area contributed by atoms with Gasteiger partial charge in [-0.1, -0.05) is 19.9 Å². The molecule has 0 unspecified atom stereocenters. The van der Waals surface area contributed by atoms with Gasteiger partial charge < -0.3 is 15.4 Å². The van der Waals surface area contributed by atoms with E-state index in [2.05, 4.69) is 15.7 Å². The number of pyridine rings is 1. The van der Waals surface area contributed by atoms with Crippen molar-refractivity contribution < 1.29 is 17.9 Å². The molecule has 29 heavy (non-hydrogen) atoms. The topological polar surface area (TPSA) is 50.6 Å². The van der Waals surface area contributed by atoms with Gasteiger partial charge in [0.25, 0.3) is 0 Å². The van der Waals surface area contributed by atoms with E-state index >= 15 is 0 Å². The average molecular weight is 429 g/mol. The number of ether oxygens (including phenoxy) is 1. The van der Waals surface area contributed by atoms with Crippen molar-refractivity contribution in [1.29, 1.82) is 0 Å². The molecule has 4 fully saturated rings. The molecule has 0 radical (unpaired) electrons. The van der Waals surface area contributed by atoms with Crippen molar-refractivity contribution in [2.75, 3.05) is 18.5 Å². The van der Waals surface area contributed by atoms with Crippen molar-refractivity contribution >= 4 is 23.1 Å². The van der Waals surface area contributed by atoms with Crippen LogP contribution in [-0.2, 0) is 4.74 Å². The minimum atomic E-state index is -4.33. The van der Waals surface area contributed by atoms with E-state index < -0.39 is 5.51 Å². The molecule has 0 atom stereocenters. The summed E-state index contributed by atoms with van der Waals surface area (Å²) in [4.78, 5) is 0.171. The van der Waals surface area contributed by atoms with Gasteiger partial charge in [-0.3, -0.25) is 0 Å². The van der Waals surface area contributed by atoms with Gasteiger partial charge in [0.15, 0.2) is 0 Å². The zero-order chi connectivity index (χ0) is 20.9. The van der Waals surface area contributed by atoms with Crippen LogP contribution in [0.5, 0.6) is 0 Å². The number of aryl methyl sites for hydroxylation is 1. The highest BCUT2D eigenvalue weighted by Crippen LogP contribution is 2.57. The van der Waals surface area contributed by atoms with E-state index in [1.807, 2.05) is 19.9 Å². The summed E-state index contributed by atoms with van der Waals surface area (Å²) < 4.78 is 45.6. The van der Waals surface area contributed by atoms with Crippen LogP contribution in [0.2, 0.25) is 0 Å². The summed E-state index contributed by atoms with van der Waals surface area (Å²) in [5.74, 6) is 0.757. The maximum atomic E-state index is 12.9. The molecule has 1 saturated heterocycles. The summed E-state index contributed by atoms with van der Waals surface area (Å²) in [6, 6.07) is 5.83. The van der Waals surface area contributed by atoms with Gasteiger partial charge in [-0.2, -0.15) is 18.3 Å². The van der Waals surface area contributed by atoms with E-state index in [-0.39, 0.29) is 27.7 Å². The van der Waals surface area contributed by atoms with Crippen molar-refractivity contribution in [2.45, 2.75) is 74.0 Å². The summed E-state index contributed by atoms with van der Waals surface area (Å²) >= 11 is -0.0939. The largest absolute Gasteiger partial charge is 0.446 e. The zero-order valence-electron chi connectivity index (χ0n) is 16.9. The van der Waals surface area contributed by atoms with E-state index in [9.17, 15) is 13.2 Å². The van der Waals surface area contributed by atoms with Crippen LogP contribution < -0.4 is 10.6 Å². The Hall–Kier alpha value is -1.45. The highest BCUT2D eigenvalue weighted by atomic mass is 32.2. The van der Waals surface area contributed by atoms with Crippen LogP contribution in [0.25, 0.3) is 5.52 Å². The SMILES string of the molecule is CC.Cc1nn2c(NC34CCC(NC5COC5)(C3)C4)cccc2c1SC(F)(F)F. The molecule has 1 aliphatic heterocycles. The van der Waals surface area contributed by atoms with Crippen molar-refractivity contribution in [2.24, 2.45) is 0 Å². The van der Waals surface area contributed by atoms with Gasteiger partial charge in [0.05, 0.1) is 35.4 Å². The van der Waals surface area contributed by atoms with Crippen LogP contribution in [0.3, 0.4) is 0 Å². The number of nitrogens with one attached hydrogen (secondary N) is 2. The van der Waals surface area contributed by atoms with Crippen molar-refractivity contribution in [3.8, 4) is 0 Å². The number of thioether (sulfide) groups is 1. The minimum absolute atomic E-state index is 0.00305. The molecule has 2 aromatic heterocycles. The zero-order valence-corrected chi connectivity index (χ0v) is 17.7. The molecule has 3 aliphatic carbocycles. The molecule has 6 rings (SSSR count). The number of nitrogens with zero attached hydrogens (tertiary/aromatic N) is 2. The standard InChI is InChI=1S/C18H21F3N4OS.C2H6/c1-11-15(27-18(19,20)21)13-3-2-4-14(25(13)24-11)23-17-6-5-16(9-17,10-17)22-12-7-26-8-12;1-2/h2-4,12,22-23H,5-10H2,1H3;1-2H3. The van der Waals surface area contributed by atoms with Crippen molar-refractivity contribution in [1.82, 2.24) is 14.9 Å². The highest BCUT2D eigenvalue weighted by molar-refractivity contribution is 8.00. The lowest BCUT2D eigenvalue weighted by molar-refractivity contribution is -0.0328. The second kappa shape index (κ2) is 7.35. The van der Waals surface area contributed by atoms with Gasteiger partial charge in [0.1, 0.15) is 5.82 Å². The van der Waals surface area contributed by atoms with E-state index in [1.54, 1.807) is 23.6 Å². The third-order valence-corrected chi connectivity index (χ3v) is 6.91. The molecule has 2 bridgehead atoms. The third kappa shape index (κ3) is 3.84. The Morgan fingerprint density at radius 2 is 1.86 bits per heavy atom. The van der Waals surface area contributed by atoms with E-state index in [0.717, 1.165) is 44.7 Å². The number of halogens is 3. The predicted octanol–water partition coefficient (Wildman–Crippen LogP) is 4.75. The Kier molecular flexibility index (Phi) is 5.28. The number of hydrogen-bond donors (Lipinski definition) is 2. The van der Waals surface area contributed by atoms with Crippen molar-refractivity contribution in [3.05, 3.63) is 23.9 Å². The van der Waals surface area contributed by atoms with Crippen LogP contribution >= 0.6 is 11.8 Å². The molecular formula is C20H27F3N4OS. The fourth-order valence-electron chi connectivity index (χ4n) is 4.92. The molecule has 0 aromatic carbocycles. The first kappa shape index (κ1) is 20.8. The van der Waals surface area contributed by atoms with Gasteiger partial charge in [-0.15, -0.1) is 0 Å². The Balaban J connectivity index is 0.000000994. The molecule has 9 heteroatoms. The number of rotatable bonds is 5. The second-order valence-corrected chi connectivity index (χ2v) is 9.16. The van der Waals surface area contributed by atoms with Crippen LogP contribution in [0, 0.1) is 6.92 Å². The molecule has 0 spiro atoms. The third-order valence-electron chi connectivity index (χ3n) is 5.97. The summed E-state index contributed by atoms with van der Waals surface area (Å²) in [6.07, 6.45) is 4.21. The Labute approximate surface area is 172 Å². The predicted molar refractivity (Wildman–Crippen MR) is 108 cm³/mol. The number of aromatic nitrogens is 2. The monoisotopic (exact) mass is 428 g/mol. The van der Waals surface area contributed by atoms with Gasteiger partial charge in [0.2, 0.25) is 0 Å². The molecule has 4 aliphatic rings. The average Bonchev–Trinajstić information content (AvgIpc) is 3.23. The van der Waals surface area contributed by atoms with Gasteiger partial charge in [-0.05, 0) is 56.5 Å². The quantitative estimate of drug-likeness (QED) is 0.674. The molecule has 2 aromatic rings. The highest BCUT2D eigenvalue weighted by Gasteiger charge is 2.61. The Bertz CT molecular complexity index is 888. The van der Waals surface area contributed by atoms with Crippen molar-refractivity contribution in [3.63, 3.8) is 0 Å². The number of fused-ring (bicyclic) bond motifs is 2. The van der Waals surface area contributed by atoms with Gasteiger partial charge in [0, 0.05) is 11.1 Å². The fourth-order valence-corrected chi connectivity index (χ4v) is 5.60. The molecule has 160 valence electrons. The van der Waals surface area contributed by atoms with Crippen LogP contribution in [0.15, 0.2) is 23.1 Å². The maximum absolute atomic E-state index is 12.9. The Morgan fingerprint density at radius 1 is 1.17 bits per heavy atom. The molecular weight excluding hydrogens is 401 g/mol. The van der Waals surface area contributed by atoms with E-state index in [1.165, 1.54) is 0 Å². The fraction of sp³-hybridized carbons (Fsp3) is 0.650. The van der Waals surface area contributed by atoms with Gasteiger partial charge in [-0.25, -0.2) is 4.52 Å². The van der Waals surface area contributed by atoms with E-state index in [4.69, 9.17) is 4.74 Å². The number of anilines is 1. The normalized spacial score (nSPS) is 28.5. The number of alkyl halides is 3. The van der Waals surface area contributed by atoms with Crippen LogP contribution in [0.4, 0.5) is 19.0 Å². The summed E-state index contributed by atoms with van der Waals surface area (Å²) in [6.45, 7) is 7.19. The van der Waals surface area contributed by atoms with Crippen LogP contribution in [-0.4, -0.2) is 45.5 Å². The summed E-state index contributed by atoms with van der Waals surface area (Å²) in [5.41, 5.74) is -3.25. The summed E-state index contributed by atoms with van der Waals surface area (Å²) in [5, 5.41) is 11.7. The second-order valence-electron chi connectivity index (χ2n) is 8.09. The molecule has 3 saturated carbocycles. The van der Waals surface area contributed by atoms with Gasteiger partial charge >= 0.3 is 5.51 Å². The number of hydrogen-bond acceptors (Lipinski definition) is 5. The Morgan fingerprint density at radius 3 is 2.48 bits per heavy atom. The first-order chi connectivity index (χ1) is 13.8. The first-order valence-electron chi connectivity index (χ1n) is 10.1. The smallest absolute Gasteiger partial charge is 0.378 e. The maximum Gasteiger partial charge on any atom is 0.446 e.